The average molecular weight is 852 g/mol. The lowest BCUT2D eigenvalue weighted by molar-refractivity contribution is 0.769. The molecule has 314 valence electrons. The van der Waals surface area contributed by atoms with E-state index in [0.29, 0.717) is 0 Å². The van der Waals surface area contributed by atoms with Crippen LogP contribution in [0.1, 0.15) is 22.3 Å². The molecule has 0 unspecified atom stereocenters. The molecule has 1 heteroatoms. The van der Waals surface area contributed by atoms with Gasteiger partial charge in [-0.1, -0.05) is 249 Å². The third kappa shape index (κ3) is 7.19. The molecule has 0 N–H and O–H groups in total. The van der Waals surface area contributed by atoms with Gasteiger partial charge in [0, 0.05) is 11.1 Å². The van der Waals surface area contributed by atoms with Crippen LogP contribution < -0.4 is 0 Å². The van der Waals surface area contributed by atoms with Crippen LogP contribution in [0.5, 0.6) is 0 Å². The lowest BCUT2D eigenvalue weighted by Gasteiger charge is -2.34. The van der Waals surface area contributed by atoms with Gasteiger partial charge in [0.1, 0.15) is 0 Å². The monoisotopic (exact) mass is 851 g/mol. The fourth-order valence-corrected chi connectivity index (χ4v) is 10.3. The molecule has 1 aromatic heterocycles. The molecule has 1 aliphatic rings. The quantitative estimate of drug-likeness (QED) is 0.141. The van der Waals surface area contributed by atoms with E-state index in [-0.39, 0.29) is 0 Å². The largest absolute Gasteiger partial charge is 0.248 e. The molecule has 1 aliphatic carbocycles. The van der Waals surface area contributed by atoms with E-state index in [1.807, 2.05) is 6.07 Å². The highest BCUT2D eigenvalue weighted by atomic mass is 14.7. The molecule has 0 fully saturated rings. The summed E-state index contributed by atoms with van der Waals surface area (Å²) in [6, 6.07) is 99.3. The highest BCUT2D eigenvalue weighted by Gasteiger charge is 2.46. The molecule has 1 heterocycles. The summed E-state index contributed by atoms with van der Waals surface area (Å²) in [5.74, 6) is 0. The molecule has 10 aromatic carbocycles. The second kappa shape index (κ2) is 17.0. The minimum atomic E-state index is -0.502. The van der Waals surface area contributed by atoms with Gasteiger partial charge in [0.2, 0.25) is 0 Å². The topological polar surface area (TPSA) is 12.9 Å². The normalized spacial score (nSPS) is 12.3. The minimum Gasteiger partial charge on any atom is -0.248 e. The Morgan fingerprint density at radius 2 is 0.552 bits per heavy atom. The zero-order chi connectivity index (χ0) is 44.6. The van der Waals surface area contributed by atoms with Crippen molar-refractivity contribution in [3.63, 3.8) is 0 Å². The van der Waals surface area contributed by atoms with Gasteiger partial charge in [-0.2, -0.15) is 0 Å². The zero-order valence-electron chi connectivity index (χ0n) is 36.9. The molecule has 0 aliphatic heterocycles. The Labute approximate surface area is 393 Å². The van der Waals surface area contributed by atoms with E-state index in [1.54, 1.807) is 0 Å². The first-order chi connectivity index (χ1) is 33.2. The standard InChI is InChI=1S/C66H45N/c1-6-18-46(19-7-1)48-30-36-51(37-31-48)59-44-61-58-28-16-17-29-62(58)66(56-24-12-4-13-25-56,57-26-14-5-15-27-57)63(61)45-60(59)52-38-32-49(33-39-52)50-34-40-54(41-35-50)65-43-55(47-20-8-2-9-21-47)42-64(67-65)53-22-10-3-11-23-53/h1-45H. The number of aromatic nitrogens is 1. The lowest BCUT2D eigenvalue weighted by atomic mass is 9.67. The number of nitrogens with zero attached hydrogens (tertiary/aromatic N) is 1. The molecular formula is C66H45N. The van der Waals surface area contributed by atoms with Crippen molar-refractivity contribution in [2.24, 2.45) is 0 Å². The highest BCUT2D eigenvalue weighted by Crippen LogP contribution is 2.58. The molecule has 67 heavy (non-hydrogen) atoms. The fraction of sp³-hybridized carbons (Fsp3) is 0.0152. The first-order valence-corrected chi connectivity index (χ1v) is 23.1. The molecular weight excluding hydrogens is 807 g/mol. The molecule has 11 aromatic rings. The molecule has 0 atom stereocenters. The summed E-state index contributed by atoms with van der Waals surface area (Å²) in [6.07, 6.45) is 0. The molecule has 0 amide bonds. The molecule has 1 nitrogen and oxygen atoms in total. The van der Waals surface area contributed by atoms with Crippen molar-refractivity contribution in [3.05, 3.63) is 295 Å². The predicted octanol–water partition coefficient (Wildman–Crippen LogP) is 17.1. The van der Waals surface area contributed by atoms with Gasteiger partial charge in [-0.3, -0.25) is 0 Å². The van der Waals surface area contributed by atoms with Gasteiger partial charge in [0.25, 0.3) is 0 Å². The van der Waals surface area contributed by atoms with E-state index in [0.717, 1.165) is 39.2 Å². The van der Waals surface area contributed by atoms with Gasteiger partial charge in [0.15, 0.2) is 0 Å². The number of rotatable bonds is 9. The minimum absolute atomic E-state index is 0.502. The van der Waals surface area contributed by atoms with Gasteiger partial charge >= 0.3 is 0 Å². The van der Waals surface area contributed by atoms with Gasteiger partial charge in [-0.05, 0) is 113 Å². The van der Waals surface area contributed by atoms with Crippen molar-refractivity contribution in [1.29, 1.82) is 0 Å². The Morgan fingerprint density at radius 3 is 1.04 bits per heavy atom. The molecule has 0 bridgehead atoms. The summed E-state index contributed by atoms with van der Waals surface area (Å²) >= 11 is 0. The van der Waals surface area contributed by atoms with Crippen LogP contribution in [0.25, 0.3) is 89.3 Å². The van der Waals surface area contributed by atoms with Crippen LogP contribution in [-0.2, 0) is 5.41 Å². The third-order valence-electron chi connectivity index (χ3n) is 13.6. The maximum atomic E-state index is 5.19. The zero-order valence-corrected chi connectivity index (χ0v) is 36.9. The molecule has 12 rings (SSSR count). The molecule has 0 spiro atoms. The van der Waals surface area contributed by atoms with E-state index in [2.05, 4.69) is 267 Å². The first-order valence-electron chi connectivity index (χ1n) is 23.1. The fourth-order valence-electron chi connectivity index (χ4n) is 10.3. The van der Waals surface area contributed by atoms with Crippen molar-refractivity contribution in [2.45, 2.75) is 5.41 Å². The van der Waals surface area contributed by atoms with E-state index >= 15 is 0 Å². The Bertz CT molecular complexity index is 3390. The Hall–Kier alpha value is -8.65. The van der Waals surface area contributed by atoms with Crippen molar-refractivity contribution >= 4 is 0 Å². The first kappa shape index (κ1) is 39.9. The van der Waals surface area contributed by atoms with Crippen LogP contribution in [0.4, 0.5) is 0 Å². The second-order valence-electron chi connectivity index (χ2n) is 17.4. The van der Waals surface area contributed by atoms with Gasteiger partial charge < -0.3 is 0 Å². The highest BCUT2D eigenvalue weighted by molar-refractivity contribution is 5.95. The van der Waals surface area contributed by atoms with Gasteiger partial charge in [-0.15, -0.1) is 0 Å². The number of pyridine rings is 1. The van der Waals surface area contributed by atoms with Gasteiger partial charge in [-0.25, -0.2) is 4.98 Å². The predicted molar refractivity (Wildman–Crippen MR) is 280 cm³/mol. The van der Waals surface area contributed by atoms with Crippen molar-refractivity contribution in [1.82, 2.24) is 4.98 Å². The van der Waals surface area contributed by atoms with Crippen molar-refractivity contribution in [3.8, 4) is 89.3 Å². The van der Waals surface area contributed by atoms with Gasteiger partial charge in [0.05, 0.1) is 16.8 Å². The van der Waals surface area contributed by atoms with Crippen molar-refractivity contribution < 1.29 is 0 Å². The average Bonchev–Trinajstić information content (AvgIpc) is 3.72. The van der Waals surface area contributed by atoms with Crippen molar-refractivity contribution in [2.75, 3.05) is 0 Å². The summed E-state index contributed by atoms with van der Waals surface area (Å²) in [5, 5.41) is 0. The van der Waals surface area contributed by atoms with E-state index in [9.17, 15) is 0 Å². The Morgan fingerprint density at radius 1 is 0.209 bits per heavy atom. The maximum absolute atomic E-state index is 5.19. The summed E-state index contributed by atoms with van der Waals surface area (Å²) in [4.78, 5) is 5.19. The van der Waals surface area contributed by atoms with E-state index in [4.69, 9.17) is 4.98 Å². The Balaban J connectivity index is 0.973. The molecule has 0 saturated carbocycles. The molecule has 0 radical (unpaired) electrons. The van der Waals surface area contributed by atoms with E-state index in [1.165, 1.54) is 72.3 Å². The second-order valence-corrected chi connectivity index (χ2v) is 17.4. The number of benzene rings is 10. The molecule has 0 saturated heterocycles. The maximum Gasteiger partial charge on any atom is 0.0715 e. The van der Waals surface area contributed by atoms with Crippen LogP contribution in [0, 0.1) is 0 Å². The van der Waals surface area contributed by atoms with Crippen LogP contribution in [-0.4, -0.2) is 4.98 Å². The van der Waals surface area contributed by atoms with Crippen LogP contribution >= 0.6 is 0 Å². The van der Waals surface area contributed by atoms with Crippen LogP contribution in [0.15, 0.2) is 273 Å². The summed E-state index contributed by atoms with van der Waals surface area (Å²) in [7, 11) is 0. The van der Waals surface area contributed by atoms with Crippen LogP contribution in [0.3, 0.4) is 0 Å². The summed E-state index contributed by atoms with van der Waals surface area (Å²) in [6.45, 7) is 0. The lowest BCUT2D eigenvalue weighted by Crippen LogP contribution is -2.28. The van der Waals surface area contributed by atoms with Crippen LogP contribution in [0.2, 0.25) is 0 Å². The smallest absolute Gasteiger partial charge is 0.0715 e. The summed E-state index contributed by atoms with van der Waals surface area (Å²) < 4.78 is 0. The van der Waals surface area contributed by atoms with E-state index < -0.39 is 5.41 Å². The number of hydrogen-bond donors (Lipinski definition) is 0. The Kier molecular flexibility index (Phi) is 10.2. The SMILES string of the molecule is c1ccc(-c2ccc(-c3cc4c(cc3-c3ccc(-c5ccc(-c6cc(-c7ccccc7)cc(-c7ccccc7)n6)cc5)cc3)C(c3ccccc3)(c3ccccc3)c3ccccc3-4)cc2)cc1. The summed E-state index contributed by atoms with van der Waals surface area (Å²) in [5.41, 5.74) is 23.1. The number of hydrogen-bond acceptors (Lipinski definition) is 1. The third-order valence-corrected chi connectivity index (χ3v) is 13.6. The number of fused-ring (bicyclic) bond motifs is 3.